The second kappa shape index (κ2) is 23.5. The van der Waals surface area contributed by atoms with E-state index in [1.807, 2.05) is 0 Å². The van der Waals surface area contributed by atoms with Crippen LogP contribution in [0.25, 0.3) is 55.3 Å². The van der Waals surface area contributed by atoms with Crippen LogP contribution in [0.5, 0.6) is 0 Å². The maximum atomic E-state index is 2.31. The quantitative estimate of drug-likeness (QED) is 0.166. The molecular formula is C69H68. The molecule has 0 heterocycles. The smallest absolute Gasteiger partial charge is 0.00133 e. The van der Waals surface area contributed by atoms with Gasteiger partial charge >= 0.3 is 0 Å². The van der Waals surface area contributed by atoms with Crippen LogP contribution in [0.2, 0.25) is 0 Å². The Hall–Kier alpha value is -7.54. The lowest BCUT2D eigenvalue weighted by molar-refractivity contribution is 1.24. The molecule has 0 spiro atoms. The van der Waals surface area contributed by atoms with Crippen LogP contribution < -0.4 is 0 Å². The summed E-state index contributed by atoms with van der Waals surface area (Å²) in [4.78, 5) is 0. The molecule has 0 unspecified atom stereocenters. The average molecular weight is 897 g/mol. The fourth-order valence-electron chi connectivity index (χ4n) is 8.43. The van der Waals surface area contributed by atoms with E-state index in [2.05, 4.69) is 288 Å². The molecule has 0 aromatic heterocycles. The first-order valence-corrected chi connectivity index (χ1v) is 24.3. The second-order valence-electron chi connectivity index (χ2n) is 19.0. The summed E-state index contributed by atoms with van der Waals surface area (Å²) in [5.74, 6) is 0. The summed E-state index contributed by atoms with van der Waals surface area (Å²) in [7, 11) is 0. The van der Waals surface area contributed by atoms with Crippen molar-refractivity contribution < 1.29 is 0 Å². The molecule has 0 nitrogen and oxygen atoms in total. The molecular weight excluding hydrogens is 829 g/mol. The summed E-state index contributed by atoms with van der Waals surface area (Å²) < 4.78 is 0. The van der Waals surface area contributed by atoms with Gasteiger partial charge in [-0.15, -0.1) is 0 Å². The molecule has 0 heteroatoms. The standard InChI is InChI=1S/C20H18.C15H14.C14H14.C12H12.C8H10/c1-15-3-7-17(8-4-15)19-11-13-20(14-12-19)18-9-5-16(2)6-10-18;1-10-3-5-14-12(7-10)9-13-8-11(2)4-6-15(13)14;1-11-3-7-13(8-4-11)14-9-5-12(2)6-10-14;1-9-3-5-12-8-10(2)4-6-11(12)7-9;1-7-3-5-8(2)6-4-7/h3-14H,1-2H3;3-8H,9H2,1-2H3;3-10H,1-2H3;3-8H,1-2H3;3-6H,1-2H3. The van der Waals surface area contributed by atoms with E-state index in [4.69, 9.17) is 0 Å². The zero-order chi connectivity index (χ0) is 48.9. The maximum absolute atomic E-state index is 2.31. The third kappa shape index (κ3) is 14.2. The summed E-state index contributed by atoms with van der Waals surface area (Å²) in [6, 6.07) is 78.5. The van der Waals surface area contributed by atoms with E-state index in [9.17, 15) is 0 Å². The van der Waals surface area contributed by atoms with E-state index in [0.29, 0.717) is 0 Å². The van der Waals surface area contributed by atoms with Crippen molar-refractivity contribution in [2.24, 2.45) is 0 Å². The lowest BCUT2D eigenvalue weighted by Crippen LogP contribution is -1.81. The Morgan fingerprint density at radius 3 is 0.638 bits per heavy atom. The number of rotatable bonds is 3. The number of benzene rings is 10. The minimum Gasteiger partial charge on any atom is -0.0591 e. The molecule has 0 fully saturated rings. The molecule has 0 N–H and O–H groups in total. The lowest BCUT2D eigenvalue weighted by Gasteiger charge is -2.06. The van der Waals surface area contributed by atoms with Crippen molar-refractivity contribution in [2.75, 3.05) is 0 Å². The van der Waals surface area contributed by atoms with Gasteiger partial charge in [0, 0.05) is 0 Å². The van der Waals surface area contributed by atoms with Crippen LogP contribution >= 0.6 is 0 Å². The predicted molar refractivity (Wildman–Crippen MR) is 302 cm³/mol. The van der Waals surface area contributed by atoms with Gasteiger partial charge in [0.05, 0.1) is 0 Å². The summed E-state index contributed by atoms with van der Waals surface area (Å²) in [6.07, 6.45) is 1.11. The minimum atomic E-state index is 1.11. The molecule has 0 amide bonds. The van der Waals surface area contributed by atoms with E-state index >= 15 is 0 Å². The Balaban J connectivity index is 0.000000131. The molecule has 69 heavy (non-hydrogen) atoms. The van der Waals surface area contributed by atoms with Crippen LogP contribution in [0.3, 0.4) is 0 Å². The van der Waals surface area contributed by atoms with Crippen molar-refractivity contribution >= 4 is 10.8 Å². The van der Waals surface area contributed by atoms with Crippen LogP contribution in [0.15, 0.2) is 218 Å². The fraction of sp³-hybridized carbons (Fsp3) is 0.159. The van der Waals surface area contributed by atoms with Crippen molar-refractivity contribution in [1.82, 2.24) is 0 Å². The molecule has 11 rings (SSSR count). The lowest BCUT2D eigenvalue weighted by atomic mass is 9.99. The Labute approximate surface area is 414 Å². The van der Waals surface area contributed by atoms with Crippen molar-refractivity contribution in [2.45, 2.75) is 75.7 Å². The van der Waals surface area contributed by atoms with Gasteiger partial charge in [0.15, 0.2) is 0 Å². The zero-order valence-electron chi connectivity index (χ0n) is 42.5. The molecule has 0 saturated carbocycles. The van der Waals surface area contributed by atoms with Gasteiger partial charge in [0.1, 0.15) is 0 Å². The molecule has 0 atom stereocenters. The summed E-state index contributed by atoms with van der Waals surface area (Å²) in [5, 5.41) is 2.67. The van der Waals surface area contributed by atoms with Crippen molar-refractivity contribution in [3.05, 3.63) is 285 Å². The number of aryl methyl sites for hydroxylation is 10. The largest absolute Gasteiger partial charge is 0.0591 e. The number of hydrogen-bond acceptors (Lipinski definition) is 0. The predicted octanol–water partition coefficient (Wildman–Crippen LogP) is 19.2. The number of fused-ring (bicyclic) bond motifs is 4. The summed E-state index contributed by atoms with van der Waals surface area (Å²) in [6.45, 7) is 21.2. The summed E-state index contributed by atoms with van der Waals surface area (Å²) in [5.41, 5.74) is 26.7. The van der Waals surface area contributed by atoms with Gasteiger partial charge in [-0.3, -0.25) is 0 Å². The Kier molecular flexibility index (Phi) is 16.8. The number of hydrogen-bond donors (Lipinski definition) is 0. The Bertz CT molecular complexity index is 2980. The SMILES string of the molecule is Cc1ccc(-c2ccc(-c3ccc(C)cc3)cc2)cc1.Cc1ccc(-c2ccc(C)cc2)cc1.Cc1ccc(C)cc1.Cc1ccc2c(c1)Cc1cc(C)ccc1-2.Cc1ccc2cc(C)ccc2c1. The van der Waals surface area contributed by atoms with E-state index < -0.39 is 0 Å². The van der Waals surface area contributed by atoms with E-state index in [1.165, 1.54) is 122 Å². The Morgan fingerprint density at radius 1 is 0.188 bits per heavy atom. The fourth-order valence-corrected chi connectivity index (χ4v) is 8.43. The molecule has 10 aromatic rings. The normalized spacial score (nSPS) is 10.7. The molecule has 344 valence electrons. The van der Waals surface area contributed by atoms with Crippen LogP contribution in [0.1, 0.15) is 66.8 Å². The van der Waals surface area contributed by atoms with E-state index in [0.717, 1.165) is 6.42 Å². The van der Waals surface area contributed by atoms with Crippen LogP contribution in [-0.2, 0) is 6.42 Å². The molecule has 0 bridgehead atoms. The average Bonchev–Trinajstić information content (AvgIpc) is 3.71. The van der Waals surface area contributed by atoms with Gasteiger partial charge in [0.2, 0.25) is 0 Å². The first-order chi connectivity index (χ1) is 33.3. The highest BCUT2D eigenvalue weighted by Gasteiger charge is 2.17. The van der Waals surface area contributed by atoms with E-state index in [1.54, 1.807) is 0 Å². The van der Waals surface area contributed by atoms with Gasteiger partial charge in [-0.25, -0.2) is 0 Å². The van der Waals surface area contributed by atoms with Gasteiger partial charge < -0.3 is 0 Å². The molecule has 10 aromatic carbocycles. The topological polar surface area (TPSA) is 0 Å². The zero-order valence-corrected chi connectivity index (χ0v) is 42.5. The highest BCUT2D eigenvalue weighted by molar-refractivity contribution is 5.83. The second-order valence-corrected chi connectivity index (χ2v) is 19.0. The summed E-state index contributed by atoms with van der Waals surface area (Å²) >= 11 is 0. The highest BCUT2D eigenvalue weighted by Crippen LogP contribution is 2.37. The van der Waals surface area contributed by atoms with Crippen molar-refractivity contribution in [1.29, 1.82) is 0 Å². The van der Waals surface area contributed by atoms with Crippen LogP contribution in [-0.4, -0.2) is 0 Å². The third-order valence-corrected chi connectivity index (χ3v) is 12.7. The molecule has 1 aliphatic carbocycles. The third-order valence-electron chi connectivity index (χ3n) is 12.7. The highest BCUT2D eigenvalue weighted by atomic mass is 14.2. The van der Waals surface area contributed by atoms with E-state index in [-0.39, 0.29) is 0 Å². The van der Waals surface area contributed by atoms with Crippen LogP contribution in [0, 0.1) is 69.2 Å². The monoisotopic (exact) mass is 897 g/mol. The maximum Gasteiger partial charge on any atom is -0.00133 e. The first kappa shape index (κ1) is 49.4. The molecule has 0 saturated heterocycles. The van der Waals surface area contributed by atoms with Gasteiger partial charge in [0.25, 0.3) is 0 Å². The van der Waals surface area contributed by atoms with Gasteiger partial charge in [-0.05, 0) is 142 Å². The molecule has 0 aliphatic heterocycles. The molecule has 1 aliphatic rings. The minimum absolute atomic E-state index is 1.11. The Morgan fingerprint density at radius 2 is 0.377 bits per heavy atom. The van der Waals surface area contributed by atoms with Gasteiger partial charge in [-0.1, -0.05) is 274 Å². The van der Waals surface area contributed by atoms with Gasteiger partial charge in [-0.2, -0.15) is 0 Å². The molecule has 0 radical (unpaired) electrons. The first-order valence-electron chi connectivity index (χ1n) is 24.3. The van der Waals surface area contributed by atoms with Crippen LogP contribution in [0.4, 0.5) is 0 Å². The van der Waals surface area contributed by atoms with Crippen molar-refractivity contribution in [3.8, 4) is 44.5 Å². The van der Waals surface area contributed by atoms with Crippen molar-refractivity contribution in [3.63, 3.8) is 0 Å².